The van der Waals surface area contributed by atoms with Gasteiger partial charge in [-0.05, 0) is 31.5 Å². The van der Waals surface area contributed by atoms with Gasteiger partial charge in [0.15, 0.2) is 5.75 Å². The molecule has 1 aliphatic heterocycles. The van der Waals surface area contributed by atoms with Gasteiger partial charge in [0.1, 0.15) is 12.4 Å². The largest absolute Gasteiger partial charge is 0.496 e. The highest BCUT2D eigenvalue weighted by Crippen LogP contribution is 2.31. The minimum absolute atomic E-state index is 0.147. The Morgan fingerprint density at radius 1 is 1.52 bits per heavy atom. The molecule has 0 saturated carbocycles. The van der Waals surface area contributed by atoms with Crippen LogP contribution in [-0.2, 0) is 4.79 Å². The van der Waals surface area contributed by atoms with Crippen LogP contribution in [0.4, 0.5) is 5.69 Å². The summed E-state index contributed by atoms with van der Waals surface area (Å²) in [7, 11) is 1.44. The van der Waals surface area contributed by atoms with Crippen LogP contribution in [0.1, 0.15) is 12.8 Å². The topological polar surface area (TPSA) is 102 Å². The lowest BCUT2D eigenvalue weighted by Gasteiger charge is -2.30. The van der Waals surface area contributed by atoms with E-state index in [9.17, 15) is 14.9 Å². The maximum absolute atomic E-state index is 11.1. The van der Waals surface area contributed by atoms with Crippen molar-refractivity contribution >= 4 is 11.7 Å². The number of carbonyl (C=O) groups is 1. The summed E-state index contributed by atoms with van der Waals surface area (Å²) in [6.07, 6.45) is 1.52. The molecule has 0 aromatic heterocycles. The summed E-state index contributed by atoms with van der Waals surface area (Å²) in [5, 5.41) is 20.1. The van der Waals surface area contributed by atoms with Gasteiger partial charge in [0.25, 0.3) is 0 Å². The molecule has 1 N–H and O–H groups in total. The highest BCUT2D eigenvalue weighted by molar-refractivity contribution is 5.70. The summed E-state index contributed by atoms with van der Waals surface area (Å²) in [4.78, 5) is 23.6. The van der Waals surface area contributed by atoms with Gasteiger partial charge < -0.3 is 14.6 Å². The lowest BCUT2D eigenvalue weighted by atomic mass is 9.98. The van der Waals surface area contributed by atoms with E-state index in [4.69, 9.17) is 14.6 Å². The third kappa shape index (κ3) is 4.56. The van der Waals surface area contributed by atoms with Crippen molar-refractivity contribution in [1.82, 2.24) is 4.90 Å². The van der Waals surface area contributed by atoms with Crippen LogP contribution in [0.3, 0.4) is 0 Å². The lowest BCUT2D eigenvalue weighted by molar-refractivity contribution is -0.385. The molecule has 1 saturated heterocycles. The van der Waals surface area contributed by atoms with E-state index in [1.54, 1.807) is 6.07 Å². The fourth-order valence-electron chi connectivity index (χ4n) is 2.63. The molecule has 1 aliphatic rings. The fraction of sp³-hybridized carbons (Fsp3) is 0.533. The standard InChI is InChI=1S/C15H20N2O6/c1-22-12-4-5-14(13(9-12)17(20)21)23-8-7-16-6-2-3-11(10-16)15(18)19/h4-5,9,11H,2-3,6-8,10H2,1H3,(H,18,19). The number of piperidine rings is 1. The molecule has 0 radical (unpaired) electrons. The van der Waals surface area contributed by atoms with E-state index < -0.39 is 10.9 Å². The molecular weight excluding hydrogens is 304 g/mol. The molecule has 0 spiro atoms. The number of nitro benzene ring substituents is 1. The summed E-state index contributed by atoms with van der Waals surface area (Å²) in [6.45, 7) is 2.10. The van der Waals surface area contributed by atoms with Crippen LogP contribution in [-0.4, -0.2) is 54.3 Å². The normalized spacial score (nSPS) is 18.4. The van der Waals surface area contributed by atoms with Gasteiger partial charge in [0.2, 0.25) is 0 Å². The predicted octanol–water partition coefficient (Wildman–Crippen LogP) is 1.78. The van der Waals surface area contributed by atoms with E-state index in [1.807, 2.05) is 4.90 Å². The molecule has 0 amide bonds. The number of carboxylic acid groups (broad SMARTS) is 1. The number of hydrogen-bond acceptors (Lipinski definition) is 6. The highest BCUT2D eigenvalue weighted by Gasteiger charge is 2.25. The van der Waals surface area contributed by atoms with Gasteiger partial charge in [-0.3, -0.25) is 19.8 Å². The Morgan fingerprint density at radius 2 is 2.30 bits per heavy atom. The number of ether oxygens (including phenoxy) is 2. The SMILES string of the molecule is COc1ccc(OCCN2CCCC(C(=O)O)C2)c([N+](=O)[O-])c1. The number of methoxy groups -OCH3 is 1. The molecule has 0 aliphatic carbocycles. The molecule has 1 fully saturated rings. The van der Waals surface area contributed by atoms with Gasteiger partial charge in [0, 0.05) is 13.1 Å². The number of nitro groups is 1. The average Bonchev–Trinajstić information content (AvgIpc) is 2.55. The van der Waals surface area contributed by atoms with Crippen molar-refractivity contribution in [1.29, 1.82) is 0 Å². The molecule has 1 unspecified atom stereocenters. The summed E-state index contributed by atoms with van der Waals surface area (Å²) < 4.78 is 10.5. The van der Waals surface area contributed by atoms with Crippen molar-refractivity contribution in [3.8, 4) is 11.5 Å². The minimum Gasteiger partial charge on any atom is -0.496 e. The van der Waals surface area contributed by atoms with Crippen LogP contribution < -0.4 is 9.47 Å². The number of hydrogen-bond donors (Lipinski definition) is 1. The number of aliphatic carboxylic acids is 1. The van der Waals surface area contributed by atoms with Crippen LogP contribution in [0.15, 0.2) is 18.2 Å². The molecular formula is C15H20N2O6. The zero-order valence-electron chi connectivity index (χ0n) is 12.9. The number of nitrogens with zero attached hydrogens (tertiary/aromatic N) is 2. The number of benzene rings is 1. The molecule has 8 nitrogen and oxygen atoms in total. The second-order valence-electron chi connectivity index (χ2n) is 5.42. The first-order valence-corrected chi connectivity index (χ1v) is 7.41. The van der Waals surface area contributed by atoms with Crippen molar-refractivity contribution in [3.05, 3.63) is 28.3 Å². The number of likely N-dealkylation sites (tertiary alicyclic amines) is 1. The molecule has 126 valence electrons. The van der Waals surface area contributed by atoms with Crippen LogP contribution in [0, 0.1) is 16.0 Å². The zero-order chi connectivity index (χ0) is 16.8. The number of carboxylic acids is 1. The monoisotopic (exact) mass is 324 g/mol. The van der Waals surface area contributed by atoms with Gasteiger partial charge in [0.05, 0.1) is 24.0 Å². The summed E-state index contributed by atoms with van der Waals surface area (Å²) in [6, 6.07) is 4.42. The van der Waals surface area contributed by atoms with Gasteiger partial charge >= 0.3 is 11.7 Å². The predicted molar refractivity (Wildman–Crippen MR) is 81.9 cm³/mol. The zero-order valence-corrected chi connectivity index (χ0v) is 12.9. The molecule has 23 heavy (non-hydrogen) atoms. The van der Waals surface area contributed by atoms with Gasteiger partial charge in [-0.25, -0.2) is 0 Å². The van der Waals surface area contributed by atoms with Crippen molar-refractivity contribution in [3.63, 3.8) is 0 Å². The Morgan fingerprint density at radius 3 is 2.96 bits per heavy atom. The Balaban J connectivity index is 1.91. The Kier molecular flexibility index (Phi) is 5.75. The second-order valence-corrected chi connectivity index (χ2v) is 5.42. The molecule has 2 rings (SSSR count). The Labute approximate surface area is 133 Å². The van der Waals surface area contributed by atoms with E-state index in [0.29, 0.717) is 25.3 Å². The van der Waals surface area contributed by atoms with Crippen molar-refractivity contribution in [2.45, 2.75) is 12.8 Å². The van der Waals surface area contributed by atoms with E-state index >= 15 is 0 Å². The molecule has 1 heterocycles. The van der Waals surface area contributed by atoms with Crippen LogP contribution in [0.2, 0.25) is 0 Å². The quantitative estimate of drug-likeness (QED) is 0.602. The smallest absolute Gasteiger partial charge is 0.314 e. The van der Waals surface area contributed by atoms with E-state index in [1.165, 1.54) is 19.2 Å². The maximum Gasteiger partial charge on any atom is 0.314 e. The molecule has 8 heteroatoms. The third-order valence-electron chi connectivity index (χ3n) is 3.88. The highest BCUT2D eigenvalue weighted by atomic mass is 16.6. The average molecular weight is 324 g/mol. The molecule has 1 aromatic carbocycles. The third-order valence-corrected chi connectivity index (χ3v) is 3.88. The van der Waals surface area contributed by atoms with Gasteiger partial charge in [-0.2, -0.15) is 0 Å². The van der Waals surface area contributed by atoms with E-state index in [2.05, 4.69) is 0 Å². The van der Waals surface area contributed by atoms with Gasteiger partial charge in [-0.15, -0.1) is 0 Å². The fourth-order valence-corrected chi connectivity index (χ4v) is 2.63. The first-order chi connectivity index (χ1) is 11.0. The Hall–Kier alpha value is -2.35. The molecule has 1 atom stereocenters. The molecule has 1 aromatic rings. The summed E-state index contributed by atoms with van der Waals surface area (Å²) >= 11 is 0. The van der Waals surface area contributed by atoms with Crippen molar-refractivity contribution < 1.29 is 24.3 Å². The number of rotatable bonds is 7. The molecule has 0 bridgehead atoms. The van der Waals surface area contributed by atoms with Crippen LogP contribution in [0.5, 0.6) is 11.5 Å². The Bertz CT molecular complexity index is 577. The van der Waals surface area contributed by atoms with Crippen molar-refractivity contribution in [2.75, 3.05) is 33.4 Å². The van der Waals surface area contributed by atoms with E-state index in [-0.39, 0.29) is 24.0 Å². The first-order valence-electron chi connectivity index (χ1n) is 7.41. The second kappa shape index (κ2) is 7.77. The van der Waals surface area contributed by atoms with Crippen LogP contribution in [0.25, 0.3) is 0 Å². The maximum atomic E-state index is 11.1. The minimum atomic E-state index is -0.776. The summed E-state index contributed by atoms with van der Waals surface area (Å²) in [5.74, 6) is -0.549. The summed E-state index contributed by atoms with van der Waals surface area (Å²) in [5.41, 5.74) is -0.147. The lowest BCUT2D eigenvalue weighted by Crippen LogP contribution is -2.40. The van der Waals surface area contributed by atoms with E-state index in [0.717, 1.165) is 13.0 Å². The first kappa shape index (κ1) is 17.0. The van der Waals surface area contributed by atoms with Crippen molar-refractivity contribution in [2.24, 2.45) is 5.92 Å². The van der Waals surface area contributed by atoms with Gasteiger partial charge in [-0.1, -0.05) is 0 Å². The van der Waals surface area contributed by atoms with Crippen LogP contribution >= 0.6 is 0 Å².